The molecule has 61 heavy (non-hydrogen) atoms. The molecule has 3 amide bonds. The average molecular weight is 828 g/mol. The smallest absolute Gasteiger partial charge is 0.407 e. The zero-order valence-corrected chi connectivity index (χ0v) is 36.0. The van der Waals surface area contributed by atoms with E-state index in [1.807, 2.05) is 37.5 Å². The number of rotatable bonds is 10. The number of fused-ring (bicyclic) bond motifs is 7. The quantitative estimate of drug-likeness (QED) is 0.0811. The predicted octanol–water partition coefficient (Wildman–Crippen LogP) is 7.83. The van der Waals surface area contributed by atoms with Crippen LogP contribution in [0.1, 0.15) is 119 Å². The van der Waals surface area contributed by atoms with E-state index in [1.54, 1.807) is 0 Å². The van der Waals surface area contributed by atoms with Crippen molar-refractivity contribution < 1.29 is 23.9 Å². The van der Waals surface area contributed by atoms with Gasteiger partial charge in [-0.25, -0.2) is 19.8 Å². The third-order valence-corrected chi connectivity index (χ3v) is 13.6. The molecule has 9 rings (SSSR count). The molecule has 3 aromatic carbocycles. The number of methoxy groups -OCH3 is 2. The fraction of sp³-hybridized carbons (Fsp3) is 0.489. The Bertz CT molecular complexity index is 2540. The monoisotopic (exact) mass is 827 g/mol. The first kappa shape index (κ1) is 40.5. The lowest BCUT2D eigenvalue weighted by Gasteiger charge is -2.29. The van der Waals surface area contributed by atoms with Gasteiger partial charge in [-0.05, 0) is 126 Å². The van der Waals surface area contributed by atoms with Gasteiger partial charge in [-0.15, -0.1) is 0 Å². The lowest BCUT2D eigenvalue weighted by Crippen LogP contribution is -2.51. The normalized spacial score (nSPS) is 22.1. The predicted molar refractivity (Wildman–Crippen MR) is 235 cm³/mol. The van der Waals surface area contributed by atoms with E-state index >= 15 is 0 Å². The number of hydrogen-bond acceptors (Lipinski definition) is 8. The van der Waals surface area contributed by atoms with Crippen molar-refractivity contribution in [2.45, 2.75) is 109 Å². The van der Waals surface area contributed by atoms with E-state index in [9.17, 15) is 14.4 Å². The van der Waals surface area contributed by atoms with Crippen molar-refractivity contribution in [2.24, 2.45) is 22.6 Å². The minimum Gasteiger partial charge on any atom is -0.469 e. The Morgan fingerprint density at radius 2 is 1.26 bits per heavy atom. The van der Waals surface area contributed by atoms with Crippen molar-refractivity contribution in [3.8, 4) is 22.3 Å². The summed E-state index contributed by atoms with van der Waals surface area (Å²) in [5.41, 5.74) is 17.3. The van der Waals surface area contributed by atoms with Gasteiger partial charge in [0.05, 0.1) is 48.4 Å². The maximum Gasteiger partial charge on any atom is 0.407 e. The third kappa shape index (κ3) is 7.27. The van der Waals surface area contributed by atoms with Crippen LogP contribution >= 0.6 is 0 Å². The molecular weight excluding hydrogens is 771 g/mol. The average Bonchev–Trinajstić information content (AvgIpc) is 4.12. The van der Waals surface area contributed by atoms with Crippen LogP contribution in [0.25, 0.3) is 44.3 Å². The number of aromatic nitrogens is 4. The minimum absolute atomic E-state index is 0.00957. The summed E-state index contributed by atoms with van der Waals surface area (Å²) in [4.78, 5) is 65.1. The second-order valence-electron chi connectivity index (χ2n) is 18.0. The van der Waals surface area contributed by atoms with Crippen molar-refractivity contribution in [3.05, 3.63) is 71.3 Å². The Kier molecular flexibility index (Phi) is 10.7. The number of benzene rings is 3. The third-order valence-electron chi connectivity index (χ3n) is 13.6. The molecule has 6 atom stereocenters. The highest BCUT2D eigenvalue weighted by molar-refractivity contribution is 5.90. The van der Waals surface area contributed by atoms with Crippen LogP contribution < -0.4 is 11.1 Å². The van der Waals surface area contributed by atoms with Gasteiger partial charge in [-0.2, -0.15) is 0 Å². The Morgan fingerprint density at radius 3 is 1.74 bits per heavy atom. The molecule has 14 heteroatoms. The molecule has 1 saturated carbocycles. The SMILES string of the molecule is COC(=O)NC(C(=O)N1CCCC1c1nc2ccc(-c3ccc(-c4ccc5nc(C6CCCN6C(=O)C(N=C(N)OC)C(C)C)[nH]c5c4)c4c3C3CCC4C3)cc2[nH]1)C(C)C. The number of likely N-dealkylation sites (tertiary alicyclic amines) is 2. The van der Waals surface area contributed by atoms with E-state index < -0.39 is 18.2 Å². The van der Waals surface area contributed by atoms with Crippen molar-refractivity contribution >= 4 is 46.0 Å². The van der Waals surface area contributed by atoms with Crippen molar-refractivity contribution in [2.75, 3.05) is 27.3 Å². The Morgan fingerprint density at radius 1 is 0.738 bits per heavy atom. The minimum atomic E-state index is -0.686. The topological polar surface area (TPSA) is 184 Å². The first-order chi connectivity index (χ1) is 29.4. The summed E-state index contributed by atoms with van der Waals surface area (Å²) in [6, 6.07) is 15.9. The van der Waals surface area contributed by atoms with Crippen molar-refractivity contribution in [1.82, 2.24) is 35.1 Å². The highest BCUT2D eigenvalue weighted by Crippen LogP contribution is 2.58. The van der Waals surface area contributed by atoms with Crippen LogP contribution in [0, 0.1) is 11.8 Å². The fourth-order valence-corrected chi connectivity index (χ4v) is 10.6. The molecule has 14 nitrogen and oxygen atoms in total. The standard InChI is InChI=1S/C47H57N9O5/c1-24(2)40(53-46(48)60-5)44(57)55-19-7-9-36(55)42-49-32-17-13-26(22-34(32)51-42)30-15-16-31(39-29-12-11-28(21-29)38(30)39)27-14-18-33-35(23-27)52-43(50-33)37-10-8-20-56(37)45(58)41(25(3)4)54-47(59)61-6/h13-18,22-25,28-29,36-37,40-41H,7-12,19-21H2,1-6H3,(H2,48,53)(H,49,51)(H,50,52)(H,54,59). The van der Waals surface area contributed by atoms with E-state index in [-0.39, 0.29) is 41.8 Å². The zero-order chi connectivity index (χ0) is 42.7. The molecule has 5 aromatic rings. The number of aromatic amines is 2. The molecule has 2 bridgehead atoms. The molecule has 0 radical (unpaired) electrons. The van der Waals surface area contributed by atoms with E-state index in [2.05, 4.69) is 68.8 Å². The number of imidazole rings is 2. The molecule has 0 spiro atoms. The molecule has 2 saturated heterocycles. The number of hydrogen-bond donors (Lipinski definition) is 4. The summed E-state index contributed by atoms with van der Waals surface area (Å²) >= 11 is 0. The van der Waals surface area contributed by atoms with E-state index in [1.165, 1.54) is 55.7 Å². The first-order valence-electron chi connectivity index (χ1n) is 21.9. The lowest BCUT2D eigenvalue weighted by molar-refractivity contribution is -0.136. The van der Waals surface area contributed by atoms with Gasteiger partial charge in [0.25, 0.3) is 6.02 Å². The number of alkyl carbamates (subject to hydrolysis) is 1. The maximum atomic E-state index is 13.8. The largest absolute Gasteiger partial charge is 0.469 e. The molecule has 6 unspecified atom stereocenters. The highest BCUT2D eigenvalue weighted by Gasteiger charge is 2.42. The number of amidine groups is 1. The van der Waals surface area contributed by atoms with E-state index in [0.717, 1.165) is 70.5 Å². The van der Waals surface area contributed by atoms with Gasteiger partial charge in [0.2, 0.25) is 11.8 Å². The Balaban J connectivity index is 0.999. The summed E-state index contributed by atoms with van der Waals surface area (Å²) in [7, 11) is 2.77. The summed E-state index contributed by atoms with van der Waals surface area (Å²) < 4.78 is 9.91. The van der Waals surface area contributed by atoms with Gasteiger partial charge < -0.3 is 40.3 Å². The van der Waals surface area contributed by atoms with Crippen LogP contribution in [0.5, 0.6) is 0 Å². The number of nitrogens with zero attached hydrogens (tertiary/aromatic N) is 5. The Labute approximate surface area is 356 Å². The van der Waals surface area contributed by atoms with Crippen LogP contribution in [0.15, 0.2) is 53.5 Å². The number of ether oxygens (including phenoxy) is 2. The second-order valence-corrected chi connectivity index (χ2v) is 18.0. The van der Waals surface area contributed by atoms with Gasteiger partial charge in [-0.3, -0.25) is 9.59 Å². The second kappa shape index (κ2) is 16.2. The highest BCUT2D eigenvalue weighted by atomic mass is 16.5. The number of carbonyl (C=O) groups is 3. The van der Waals surface area contributed by atoms with Crippen molar-refractivity contribution in [3.63, 3.8) is 0 Å². The van der Waals surface area contributed by atoms with Gasteiger partial charge in [-0.1, -0.05) is 52.0 Å². The lowest BCUT2D eigenvalue weighted by atomic mass is 9.81. The molecule has 4 heterocycles. The zero-order valence-electron chi connectivity index (χ0n) is 36.0. The van der Waals surface area contributed by atoms with Gasteiger partial charge in [0.15, 0.2) is 0 Å². The molecule has 2 aliphatic carbocycles. The van der Waals surface area contributed by atoms with Gasteiger partial charge in [0, 0.05) is 13.1 Å². The molecule has 5 N–H and O–H groups in total. The number of H-pyrrole nitrogens is 2. The number of carbonyl (C=O) groups excluding carboxylic acids is 3. The van der Waals surface area contributed by atoms with Crippen LogP contribution in [0.2, 0.25) is 0 Å². The molecular formula is C47H57N9O5. The van der Waals surface area contributed by atoms with Crippen LogP contribution in [0.3, 0.4) is 0 Å². The number of amides is 3. The number of nitrogens with two attached hydrogens (primary N) is 1. The molecule has 2 aromatic heterocycles. The molecule has 320 valence electrons. The summed E-state index contributed by atoms with van der Waals surface area (Å²) in [6.45, 7) is 9.04. The molecule has 3 fully saturated rings. The maximum absolute atomic E-state index is 13.8. The first-order valence-corrected chi connectivity index (χ1v) is 21.9. The van der Waals surface area contributed by atoms with Crippen molar-refractivity contribution in [1.29, 1.82) is 0 Å². The summed E-state index contributed by atoms with van der Waals surface area (Å²) in [6.07, 6.45) is 6.31. The van der Waals surface area contributed by atoms with E-state index in [4.69, 9.17) is 25.2 Å². The summed E-state index contributed by atoms with van der Waals surface area (Å²) in [5.74, 6) is 2.27. The Hall–Kier alpha value is -5.92. The van der Waals surface area contributed by atoms with E-state index in [0.29, 0.717) is 24.9 Å². The van der Waals surface area contributed by atoms with Gasteiger partial charge in [0.1, 0.15) is 23.7 Å². The number of aliphatic imine (C=N–C) groups is 1. The fourth-order valence-electron chi connectivity index (χ4n) is 10.6. The number of nitrogens with one attached hydrogen (secondary N) is 3. The van der Waals surface area contributed by atoms with Gasteiger partial charge >= 0.3 is 6.09 Å². The van der Waals surface area contributed by atoms with Crippen LogP contribution in [-0.4, -0.2) is 93.1 Å². The van der Waals surface area contributed by atoms with Crippen LogP contribution in [-0.2, 0) is 19.1 Å². The molecule has 4 aliphatic rings. The summed E-state index contributed by atoms with van der Waals surface area (Å²) in [5, 5.41) is 2.74. The molecule has 2 aliphatic heterocycles. The van der Waals surface area contributed by atoms with Crippen LogP contribution in [0.4, 0.5) is 4.79 Å².